The Balaban J connectivity index is 2.00. The molecule has 0 unspecified atom stereocenters. The molecule has 0 amide bonds. The molecule has 0 atom stereocenters. The van der Waals surface area contributed by atoms with E-state index in [1.54, 1.807) is 11.8 Å². The zero-order valence-corrected chi connectivity index (χ0v) is 10.3. The molecule has 4 nitrogen and oxygen atoms in total. The van der Waals surface area contributed by atoms with Gasteiger partial charge < -0.3 is 5.32 Å². The summed E-state index contributed by atoms with van der Waals surface area (Å²) in [6.07, 6.45) is 3.52. The molecule has 0 radical (unpaired) electrons. The molecule has 2 heterocycles. The second kappa shape index (κ2) is 5.39. The summed E-state index contributed by atoms with van der Waals surface area (Å²) >= 11 is 1.75. The van der Waals surface area contributed by atoms with E-state index in [2.05, 4.69) is 22.2 Å². The molecule has 88 valence electrons. The maximum atomic E-state index is 11.7. The molecule has 1 aromatic rings. The van der Waals surface area contributed by atoms with Crippen molar-refractivity contribution in [2.24, 2.45) is 0 Å². The van der Waals surface area contributed by atoms with Gasteiger partial charge in [-0.2, -0.15) is 11.8 Å². The molecule has 2 rings (SSSR count). The molecule has 0 aromatic carbocycles. The van der Waals surface area contributed by atoms with Crippen molar-refractivity contribution in [3.63, 3.8) is 0 Å². The van der Waals surface area contributed by atoms with E-state index in [9.17, 15) is 4.79 Å². The second-order valence-corrected chi connectivity index (χ2v) is 4.95. The highest BCUT2D eigenvalue weighted by Gasteiger charge is 2.17. The van der Waals surface area contributed by atoms with Crippen molar-refractivity contribution in [3.8, 4) is 0 Å². The molecular formula is C11H17N3OS. The van der Waals surface area contributed by atoms with Gasteiger partial charge in [0.1, 0.15) is 0 Å². The van der Waals surface area contributed by atoms with Gasteiger partial charge >= 0.3 is 0 Å². The normalized spacial score (nSPS) is 13.8. The first-order valence-corrected chi connectivity index (χ1v) is 6.90. The van der Waals surface area contributed by atoms with Gasteiger partial charge in [-0.3, -0.25) is 9.78 Å². The number of nitrogens with one attached hydrogen (secondary N) is 2. The zero-order chi connectivity index (χ0) is 11.4. The molecule has 0 saturated heterocycles. The fraction of sp³-hybridized carbons (Fsp3) is 0.636. The van der Waals surface area contributed by atoms with Crippen molar-refractivity contribution in [2.45, 2.75) is 37.7 Å². The van der Waals surface area contributed by atoms with Gasteiger partial charge in [0, 0.05) is 23.6 Å². The van der Waals surface area contributed by atoms with Crippen LogP contribution in [0.2, 0.25) is 0 Å². The lowest BCUT2D eigenvalue weighted by atomic mass is 10.2. The van der Waals surface area contributed by atoms with Crippen LogP contribution in [0.15, 0.2) is 4.79 Å². The van der Waals surface area contributed by atoms with Crippen LogP contribution in [0.1, 0.15) is 37.4 Å². The smallest absolute Gasteiger partial charge is 0.256 e. The Morgan fingerprint density at radius 3 is 3.12 bits per heavy atom. The Hall–Kier alpha value is -0.970. The van der Waals surface area contributed by atoms with Gasteiger partial charge in [-0.1, -0.05) is 19.8 Å². The number of fused-ring (bicyclic) bond motifs is 1. The maximum Gasteiger partial charge on any atom is 0.256 e. The Kier molecular flexibility index (Phi) is 3.88. The number of rotatable bonds is 5. The number of anilines is 1. The summed E-state index contributed by atoms with van der Waals surface area (Å²) in [5.41, 5.74) is 1.82. The average Bonchev–Trinajstić information content (AvgIpc) is 2.73. The summed E-state index contributed by atoms with van der Waals surface area (Å²) in [4.78, 5) is 18.9. The molecule has 0 fully saturated rings. The highest BCUT2D eigenvalue weighted by molar-refractivity contribution is 7.98. The van der Waals surface area contributed by atoms with Crippen LogP contribution in [0.4, 0.5) is 5.95 Å². The fourth-order valence-electron chi connectivity index (χ4n) is 1.73. The first-order valence-electron chi connectivity index (χ1n) is 5.75. The summed E-state index contributed by atoms with van der Waals surface area (Å²) in [5.74, 6) is 2.29. The van der Waals surface area contributed by atoms with Crippen LogP contribution in [-0.2, 0) is 11.5 Å². The van der Waals surface area contributed by atoms with Crippen molar-refractivity contribution in [1.29, 1.82) is 0 Å². The SMILES string of the molecule is CCCCCNc1nc2c(c(=O)[nH]1)CSC2. The van der Waals surface area contributed by atoms with Crippen molar-refractivity contribution < 1.29 is 0 Å². The molecule has 0 aliphatic carbocycles. The van der Waals surface area contributed by atoms with Crippen molar-refractivity contribution in [2.75, 3.05) is 11.9 Å². The summed E-state index contributed by atoms with van der Waals surface area (Å²) in [7, 11) is 0. The van der Waals surface area contributed by atoms with E-state index in [1.165, 1.54) is 12.8 Å². The molecular weight excluding hydrogens is 222 g/mol. The van der Waals surface area contributed by atoms with E-state index in [0.29, 0.717) is 5.95 Å². The lowest BCUT2D eigenvalue weighted by Gasteiger charge is -2.06. The van der Waals surface area contributed by atoms with Crippen molar-refractivity contribution in [1.82, 2.24) is 9.97 Å². The van der Waals surface area contributed by atoms with E-state index in [1.807, 2.05) is 0 Å². The summed E-state index contributed by atoms with van der Waals surface area (Å²) in [6.45, 7) is 3.05. The minimum absolute atomic E-state index is 0.0213. The number of hydrogen-bond donors (Lipinski definition) is 2. The topological polar surface area (TPSA) is 57.8 Å². The van der Waals surface area contributed by atoms with Gasteiger partial charge in [-0.05, 0) is 6.42 Å². The third kappa shape index (κ3) is 2.58. The number of unbranched alkanes of at least 4 members (excludes halogenated alkanes) is 2. The van der Waals surface area contributed by atoms with E-state index in [-0.39, 0.29) is 5.56 Å². The van der Waals surface area contributed by atoms with E-state index in [4.69, 9.17) is 0 Å². The number of aromatic amines is 1. The van der Waals surface area contributed by atoms with Gasteiger partial charge in [0.05, 0.1) is 5.69 Å². The summed E-state index contributed by atoms with van der Waals surface area (Å²) in [5, 5.41) is 3.17. The predicted molar refractivity (Wildman–Crippen MR) is 67.9 cm³/mol. The lowest BCUT2D eigenvalue weighted by Crippen LogP contribution is -2.18. The third-order valence-electron chi connectivity index (χ3n) is 2.66. The second-order valence-electron chi connectivity index (χ2n) is 3.97. The quantitative estimate of drug-likeness (QED) is 0.773. The third-order valence-corrected chi connectivity index (χ3v) is 3.63. The first-order chi connectivity index (χ1) is 7.81. The Morgan fingerprint density at radius 1 is 1.44 bits per heavy atom. The Morgan fingerprint density at radius 2 is 2.31 bits per heavy atom. The van der Waals surface area contributed by atoms with Gasteiger partial charge in [-0.25, -0.2) is 4.98 Å². The number of H-pyrrole nitrogens is 1. The zero-order valence-electron chi connectivity index (χ0n) is 9.51. The summed E-state index contributed by atoms with van der Waals surface area (Å²) in [6, 6.07) is 0. The van der Waals surface area contributed by atoms with Crippen molar-refractivity contribution >= 4 is 17.7 Å². The first kappa shape index (κ1) is 11.5. The van der Waals surface area contributed by atoms with Gasteiger partial charge in [0.2, 0.25) is 5.95 Å². The Bertz CT molecular complexity index is 416. The largest absolute Gasteiger partial charge is 0.356 e. The van der Waals surface area contributed by atoms with E-state index in [0.717, 1.165) is 35.7 Å². The highest BCUT2D eigenvalue weighted by atomic mass is 32.2. The van der Waals surface area contributed by atoms with Crippen LogP contribution in [0.5, 0.6) is 0 Å². The molecule has 16 heavy (non-hydrogen) atoms. The Labute approximate surface area is 99.3 Å². The van der Waals surface area contributed by atoms with Gasteiger partial charge in [0.15, 0.2) is 0 Å². The highest BCUT2D eigenvalue weighted by Crippen LogP contribution is 2.25. The van der Waals surface area contributed by atoms with Gasteiger partial charge in [0.25, 0.3) is 5.56 Å². The van der Waals surface area contributed by atoms with Crippen molar-refractivity contribution in [3.05, 3.63) is 21.6 Å². The maximum absolute atomic E-state index is 11.7. The predicted octanol–water partition coefficient (Wildman–Crippen LogP) is 2.12. The number of hydrogen-bond acceptors (Lipinski definition) is 4. The van der Waals surface area contributed by atoms with Gasteiger partial charge in [-0.15, -0.1) is 0 Å². The molecule has 2 N–H and O–H groups in total. The average molecular weight is 239 g/mol. The van der Waals surface area contributed by atoms with Crippen LogP contribution in [-0.4, -0.2) is 16.5 Å². The molecule has 5 heteroatoms. The number of aromatic nitrogens is 2. The number of nitrogens with zero attached hydrogens (tertiary/aromatic N) is 1. The minimum Gasteiger partial charge on any atom is -0.356 e. The summed E-state index contributed by atoms with van der Waals surface area (Å²) < 4.78 is 0. The lowest BCUT2D eigenvalue weighted by molar-refractivity contribution is 0.739. The van der Waals surface area contributed by atoms with E-state index < -0.39 is 0 Å². The molecule has 1 aromatic heterocycles. The molecule has 0 saturated carbocycles. The number of thioether (sulfide) groups is 1. The van der Waals surface area contributed by atoms with Crippen LogP contribution in [0, 0.1) is 0 Å². The molecule has 1 aliphatic rings. The van der Waals surface area contributed by atoms with Crippen LogP contribution in [0.3, 0.4) is 0 Å². The monoisotopic (exact) mass is 239 g/mol. The standard InChI is InChI=1S/C11H17N3OS/c1-2-3-4-5-12-11-13-9-7-16-6-8(9)10(15)14-11/h2-7H2,1H3,(H2,12,13,14,15). The molecule has 0 bridgehead atoms. The van der Waals surface area contributed by atoms with Crippen LogP contribution in [0.25, 0.3) is 0 Å². The minimum atomic E-state index is 0.0213. The van der Waals surface area contributed by atoms with Crippen LogP contribution >= 0.6 is 11.8 Å². The molecule has 1 aliphatic heterocycles. The van der Waals surface area contributed by atoms with E-state index >= 15 is 0 Å². The van der Waals surface area contributed by atoms with Crippen LogP contribution < -0.4 is 10.9 Å². The fourth-order valence-corrected chi connectivity index (χ4v) is 2.76. The molecule has 0 spiro atoms.